The lowest BCUT2D eigenvalue weighted by Crippen LogP contribution is -2.26. The summed E-state index contributed by atoms with van der Waals surface area (Å²) in [5.74, 6) is 1.34. The van der Waals surface area contributed by atoms with Crippen molar-refractivity contribution < 1.29 is 19.4 Å². The van der Waals surface area contributed by atoms with E-state index in [0.717, 1.165) is 24.1 Å². The molecule has 1 atom stereocenters. The molecule has 1 N–H and O–H groups in total. The van der Waals surface area contributed by atoms with Crippen LogP contribution in [0.15, 0.2) is 36.4 Å². The number of phenolic OH excluding ortho intramolecular Hbond substituents is 1. The lowest BCUT2D eigenvalue weighted by atomic mass is 10.1. The molecule has 5 heteroatoms. The van der Waals surface area contributed by atoms with Crippen LogP contribution in [0.2, 0.25) is 0 Å². The van der Waals surface area contributed by atoms with E-state index in [9.17, 15) is 9.90 Å². The lowest BCUT2D eigenvalue weighted by Gasteiger charge is -2.24. The molecule has 1 aliphatic carbocycles. The van der Waals surface area contributed by atoms with Gasteiger partial charge < -0.3 is 19.5 Å². The molecular formula is C21H23NO4. The Balaban J connectivity index is 1.68. The summed E-state index contributed by atoms with van der Waals surface area (Å²) in [5, 5.41) is 9.72. The molecule has 0 bridgehead atoms. The van der Waals surface area contributed by atoms with Crippen molar-refractivity contribution in [1.82, 2.24) is 0 Å². The number of carbonyl (C=O) groups is 1. The molecule has 1 amide bonds. The number of hydrogen-bond donors (Lipinski definition) is 1. The van der Waals surface area contributed by atoms with Crippen LogP contribution in [0.5, 0.6) is 17.2 Å². The third-order valence-corrected chi connectivity index (χ3v) is 5.34. The minimum atomic E-state index is -0.111. The van der Waals surface area contributed by atoms with Gasteiger partial charge in [0.15, 0.2) is 11.5 Å². The Bertz CT molecular complexity index is 842. The number of benzene rings is 2. The third-order valence-electron chi connectivity index (χ3n) is 5.34. The molecule has 4 rings (SSSR count). The van der Waals surface area contributed by atoms with E-state index in [2.05, 4.69) is 0 Å². The molecule has 0 radical (unpaired) electrons. The summed E-state index contributed by atoms with van der Waals surface area (Å²) < 4.78 is 11.6. The number of nitrogens with zero attached hydrogens (tertiary/aromatic N) is 1. The Kier molecular flexibility index (Phi) is 4.23. The number of rotatable bonds is 4. The molecule has 2 aromatic rings. The quantitative estimate of drug-likeness (QED) is 0.882. The largest absolute Gasteiger partial charge is 0.508 e. The number of ether oxygens (including phenoxy) is 2. The van der Waals surface area contributed by atoms with Crippen molar-refractivity contribution in [2.45, 2.75) is 44.8 Å². The molecule has 0 aromatic heterocycles. The summed E-state index contributed by atoms with van der Waals surface area (Å²) in [6, 6.07) is 10.5. The van der Waals surface area contributed by atoms with Gasteiger partial charge in [-0.15, -0.1) is 0 Å². The zero-order valence-corrected chi connectivity index (χ0v) is 15.1. The predicted octanol–water partition coefficient (Wildman–Crippen LogP) is 4.44. The van der Waals surface area contributed by atoms with Crippen molar-refractivity contribution in [2.24, 2.45) is 0 Å². The zero-order chi connectivity index (χ0) is 18.3. The van der Waals surface area contributed by atoms with E-state index in [1.807, 2.05) is 31.2 Å². The molecule has 1 aliphatic heterocycles. The van der Waals surface area contributed by atoms with Crippen molar-refractivity contribution in [3.05, 3.63) is 47.5 Å². The number of carbonyl (C=O) groups excluding carboxylic acids is 1. The highest BCUT2D eigenvalue weighted by atomic mass is 16.5. The summed E-state index contributed by atoms with van der Waals surface area (Å²) in [4.78, 5) is 14.7. The molecule has 2 aromatic carbocycles. The molecule has 1 fully saturated rings. The molecule has 5 nitrogen and oxygen atoms in total. The summed E-state index contributed by atoms with van der Waals surface area (Å²) >= 11 is 0. The average molecular weight is 353 g/mol. The average Bonchev–Trinajstić information content (AvgIpc) is 3.22. The van der Waals surface area contributed by atoms with Crippen LogP contribution < -0.4 is 14.4 Å². The zero-order valence-electron chi connectivity index (χ0n) is 15.1. The number of hydrogen-bond acceptors (Lipinski definition) is 4. The fourth-order valence-corrected chi connectivity index (χ4v) is 3.97. The van der Waals surface area contributed by atoms with Crippen LogP contribution in [-0.4, -0.2) is 24.2 Å². The molecule has 26 heavy (non-hydrogen) atoms. The molecule has 136 valence electrons. The number of methoxy groups -OCH3 is 1. The second-order valence-electron chi connectivity index (χ2n) is 6.98. The second kappa shape index (κ2) is 6.56. The third kappa shape index (κ3) is 2.77. The monoisotopic (exact) mass is 353 g/mol. The van der Waals surface area contributed by atoms with Crippen molar-refractivity contribution in [3.8, 4) is 17.2 Å². The van der Waals surface area contributed by atoms with E-state index in [-0.39, 0.29) is 23.8 Å². The van der Waals surface area contributed by atoms with Crippen LogP contribution in [-0.2, 0) is 0 Å². The van der Waals surface area contributed by atoms with Crippen molar-refractivity contribution in [3.63, 3.8) is 0 Å². The van der Waals surface area contributed by atoms with Gasteiger partial charge in [0.2, 0.25) is 0 Å². The SMILES string of the molecule is COc1ccc(N2C(=O)c3cc(O)ccc3C2C)cc1OC1CCCC1. The van der Waals surface area contributed by atoms with Gasteiger partial charge in [-0.2, -0.15) is 0 Å². The summed E-state index contributed by atoms with van der Waals surface area (Å²) in [6.45, 7) is 1.99. The van der Waals surface area contributed by atoms with E-state index in [0.29, 0.717) is 17.1 Å². The first-order valence-corrected chi connectivity index (χ1v) is 9.09. The second-order valence-corrected chi connectivity index (χ2v) is 6.98. The Morgan fingerprint density at radius 2 is 1.85 bits per heavy atom. The highest BCUT2D eigenvalue weighted by molar-refractivity contribution is 6.11. The topological polar surface area (TPSA) is 59.0 Å². The number of fused-ring (bicyclic) bond motifs is 1. The van der Waals surface area contributed by atoms with Gasteiger partial charge in [-0.3, -0.25) is 4.79 Å². The van der Waals surface area contributed by atoms with Crippen molar-refractivity contribution >= 4 is 11.6 Å². The standard InChI is InChI=1S/C21H23NO4/c1-13-17-9-8-15(23)12-18(17)21(24)22(13)14-7-10-19(25-2)20(11-14)26-16-5-3-4-6-16/h7-13,16,23H,3-6H2,1-2H3. The van der Waals surface area contributed by atoms with Crippen LogP contribution >= 0.6 is 0 Å². The maximum atomic E-state index is 12.9. The first-order chi connectivity index (χ1) is 12.6. The summed E-state index contributed by atoms with van der Waals surface area (Å²) in [5.41, 5.74) is 2.24. The van der Waals surface area contributed by atoms with Gasteiger partial charge in [0.05, 0.1) is 19.3 Å². The number of amides is 1. The van der Waals surface area contributed by atoms with E-state index >= 15 is 0 Å². The van der Waals surface area contributed by atoms with Gasteiger partial charge in [-0.05, 0) is 62.4 Å². The Morgan fingerprint density at radius 3 is 2.58 bits per heavy atom. The van der Waals surface area contributed by atoms with E-state index in [1.165, 1.54) is 18.9 Å². The number of aromatic hydroxyl groups is 1. The Morgan fingerprint density at radius 1 is 1.08 bits per heavy atom. The number of phenols is 1. The van der Waals surface area contributed by atoms with Crippen LogP contribution in [0.3, 0.4) is 0 Å². The smallest absolute Gasteiger partial charge is 0.259 e. The molecule has 1 unspecified atom stereocenters. The summed E-state index contributed by atoms with van der Waals surface area (Å²) in [6.07, 6.45) is 4.69. The fourth-order valence-electron chi connectivity index (χ4n) is 3.97. The van der Waals surface area contributed by atoms with Gasteiger partial charge in [0.25, 0.3) is 5.91 Å². The molecule has 1 saturated carbocycles. The van der Waals surface area contributed by atoms with Crippen molar-refractivity contribution in [2.75, 3.05) is 12.0 Å². The van der Waals surface area contributed by atoms with Crippen molar-refractivity contribution in [1.29, 1.82) is 0 Å². The Hall–Kier alpha value is -2.69. The van der Waals surface area contributed by atoms with E-state index in [4.69, 9.17) is 9.47 Å². The summed E-state index contributed by atoms with van der Waals surface area (Å²) in [7, 11) is 1.62. The number of anilines is 1. The van der Waals surface area contributed by atoms with Crippen LogP contribution in [0.25, 0.3) is 0 Å². The van der Waals surface area contributed by atoms with Gasteiger partial charge in [-0.25, -0.2) is 0 Å². The highest BCUT2D eigenvalue weighted by Crippen LogP contribution is 2.42. The predicted molar refractivity (Wildman–Crippen MR) is 99.2 cm³/mol. The minimum absolute atomic E-state index is 0.103. The van der Waals surface area contributed by atoms with E-state index < -0.39 is 0 Å². The van der Waals surface area contributed by atoms with Crippen LogP contribution in [0, 0.1) is 0 Å². The maximum Gasteiger partial charge on any atom is 0.259 e. The normalized spacial score (nSPS) is 19.7. The van der Waals surface area contributed by atoms with Gasteiger partial charge in [-0.1, -0.05) is 6.07 Å². The van der Waals surface area contributed by atoms with Crippen LogP contribution in [0.4, 0.5) is 5.69 Å². The lowest BCUT2D eigenvalue weighted by molar-refractivity contribution is 0.0992. The van der Waals surface area contributed by atoms with Gasteiger partial charge >= 0.3 is 0 Å². The maximum absolute atomic E-state index is 12.9. The van der Waals surface area contributed by atoms with Gasteiger partial charge in [0.1, 0.15) is 5.75 Å². The van der Waals surface area contributed by atoms with Gasteiger partial charge in [0, 0.05) is 17.3 Å². The molecule has 0 spiro atoms. The molecule has 1 heterocycles. The Labute approximate surface area is 153 Å². The fraction of sp³-hybridized carbons (Fsp3) is 0.381. The first kappa shape index (κ1) is 16.8. The molecule has 0 saturated heterocycles. The van der Waals surface area contributed by atoms with Crippen LogP contribution in [0.1, 0.15) is 54.6 Å². The minimum Gasteiger partial charge on any atom is -0.508 e. The molecule has 2 aliphatic rings. The van der Waals surface area contributed by atoms with E-state index in [1.54, 1.807) is 18.1 Å². The first-order valence-electron chi connectivity index (χ1n) is 9.09. The molecular weight excluding hydrogens is 330 g/mol. The highest BCUT2D eigenvalue weighted by Gasteiger charge is 2.35.